The standard InChI is InChI=1S/C19H21N3O5/c1-13-11-15(12-20-17(13)26-2)21-18(23)19(7-9-27-10-8-19)14-3-5-16(6-4-14)22(24)25/h3-6,11-12H,7-10H2,1-2H3,(H,21,23). The number of carbonyl (C=O) groups is 1. The second-order valence-electron chi connectivity index (χ2n) is 6.50. The van der Waals surface area contributed by atoms with Gasteiger partial charge >= 0.3 is 0 Å². The van der Waals surface area contributed by atoms with Crippen LogP contribution in [0.3, 0.4) is 0 Å². The lowest BCUT2D eigenvalue weighted by atomic mass is 9.73. The van der Waals surface area contributed by atoms with E-state index in [9.17, 15) is 14.9 Å². The lowest BCUT2D eigenvalue weighted by Crippen LogP contribution is -2.44. The number of pyridine rings is 1. The van der Waals surface area contributed by atoms with E-state index < -0.39 is 10.3 Å². The summed E-state index contributed by atoms with van der Waals surface area (Å²) < 4.78 is 10.6. The van der Waals surface area contributed by atoms with Crippen LogP contribution in [0.15, 0.2) is 36.5 Å². The summed E-state index contributed by atoms with van der Waals surface area (Å²) >= 11 is 0. The molecule has 1 aliphatic heterocycles. The van der Waals surface area contributed by atoms with Gasteiger partial charge in [0.25, 0.3) is 5.69 Å². The van der Waals surface area contributed by atoms with E-state index >= 15 is 0 Å². The number of hydrogen-bond acceptors (Lipinski definition) is 6. The molecule has 1 aromatic carbocycles. The smallest absolute Gasteiger partial charge is 0.269 e. The second-order valence-corrected chi connectivity index (χ2v) is 6.50. The van der Waals surface area contributed by atoms with Crippen molar-refractivity contribution in [1.82, 2.24) is 4.98 Å². The molecule has 1 N–H and O–H groups in total. The molecule has 0 atom stereocenters. The number of amides is 1. The van der Waals surface area contributed by atoms with E-state index in [1.54, 1.807) is 31.5 Å². The minimum Gasteiger partial charge on any atom is -0.481 e. The molecule has 1 amide bonds. The number of hydrogen-bond donors (Lipinski definition) is 1. The van der Waals surface area contributed by atoms with E-state index in [0.29, 0.717) is 37.6 Å². The number of nitro benzene ring substituents is 1. The predicted molar refractivity (Wildman–Crippen MR) is 99.0 cm³/mol. The average molecular weight is 371 g/mol. The van der Waals surface area contributed by atoms with E-state index in [2.05, 4.69) is 10.3 Å². The first kappa shape index (κ1) is 18.8. The fourth-order valence-corrected chi connectivity index (χ4v) is 3.36. The monoisotopic (exact) mass is 371 g/mol. The Bertz CT molecular complexity index is 845. The Morgan fingerprint density at radius 2 is 1.96 bits per heavy atom. The molecule has 0 bridgehead atoms. The molecule has 0 spiro atoms. The van der Waals surface area contributed by atoms with E-state index in [4.69, 9.17) is 9.47 Å². The number of nitrogens with zero attached hydrogens (tertiary/aromatic N) is 2. The van der Waals surface area contributed by atoms with Crippen molar-refractivity contribution in [3.8, 4) is 5.88 Å². The number of benzene rings is 1. The predicted octanol–water partition coefficient (Wildman–Crippen LogP) is 2.99. The molecule has 8 heteroatoms. The van der Waals surface area contributed by atoms with Gasteiger partial charge in [0.1, 0.15) is 0 Å². The van der Waals surface area contributed by atoms with Gasteiger partial charge in [-0.05, 0) is 31.4 Å². The third-order valence-electron chi connectivity index (χ3n) is 4.89. The van der Waals surface area contributed by atoms with Crippen molar-refractivity contribution in [1.29, 1.82) is 0 Å². The molecular formula is C19H21N3O5. The maximum absolute atomic E-state index is 13.2. The van der Waals surface area contributed by atoms with E-state index in [0.717, 1.165) is 11.1 Å². The van der Waals surface area contributed by atoms with E-state index in [1.165, 1.54) is 12.1 Å². The Kier molecular flexibility index (Phi) is 5.36. The highest BCUT2D eigenvalue weighted by Gasteiger charge is 2.42. The number of aryl methyl sites for hydroxylation is 1. The zero-order valence-corrected chi connectivity index (χ0v) is 15.2. The number of anilines is 1. The fourth-order valence-electron chi connectivity index (χ4n) is 3.36. The van der Waals surface area contributed by atoms with Gasteiger partial charge in [-0.2, -0.15) is 0 Å². The normalized spacial score (nSPS) is 15.8. The zero-order valence-electron chi connectivity index (χ0n) is 15.2. The van der Waals surface area contributed by atoms with Gasteiger partial charge in [0.15, 0.2) is 0 Å². The van der Waals surface area contributed by atoms with Crippen LogP contribution >= 0.6 is 0 Å². The first-order chi connectivity index (χ1) is 13.0. The Balaban J connectivity index is 1.90. The first-order valence-electron chi connectivity index (χ1n) is 8.61. The van der Waals surface area contributed by atoms with Gasteiger partial charge in [-0.15, -0.1) is 0 Å². The topological polar surface area (TPSA) is 104 Å². The highest BCUT2D eigenvalue weighted by Crippen LogP contribution is 2.37. The van der Waals surface area contributed by atoms with E-state index in [-0.39, 0.29) is 11.6 Å². The molecule has 1 aliphatic rings. The Morgan fingerprint density at radius 3 is 2.52 bits per heavy atom. The molecule has 0 saturated carbocycles. The molecule has 1 saturated heterocycles. The number of methoxy groups -OCH3 is 1. The van der Waals surface area contributed by atoms with Gasteiger partial charge in [0.05, 0.1) is 29.3 Å². The van der Waals surface area contributed by atoms with Crippen LogP contribution in [-0.2, 0) is 14.9 Å². The van der Waals surface area contributed by atoms with Gasteiger partial charge in [0, 0.05) is 30.9 Å². The molecule has 8 nitrogen and oxygen atoms in total. The highest BCUT2D eigenvalue weighted by atomic mass is 16.6. The van der Waals surface area contributed by atoms with Crippen molar-refractivity contribution in [3.63, 3.8) is 0 Å². The molecule has 0 aliphatic carbocycles. The summed E-state index contributed by atoms with van der Waals surface area (Å²) in [6, 6.07) is 7.96. The lowest BCUT2D eigenvalue weighted by molar-refractivity contribution is -0.384. The minimum atomic E-state index is -0.804. The Hall–Kier alpha value is -3.00. The third kappa shape index (κ3) is 3.75. The quantitative estimate of drug-likeness (QED) is 0.640. The van der Waals surface area contributed by atoms with Crippen LogP contribution in [-0.4, -0.2) is 36.1 Å². The van der Waals surface area contributed by atoms with Gasteiger partial charge in [-0.1, -0.05) is 12.1 Å². The van der Waals surface area contributed by atoms with Crippen molar-refractivity contribution < 1.29 is 19.2 Å². The van der Waals surface area contributed by atoms with Crippen molar-refractivity contribution in [3.05, 3.63) is 57.8 Å². The average Bonchev–Trinajstić information content (AvgIpc) is 2.68. The Labute approximate surface area is 156 Å². The minimum absolute atomic E-state index is 0.00338. The summed E-state index contributed by atoms with van der Waals surface area (Å²) in [6.45, 7) is 2.75. The second kappa shape index (κ2) is 7.71. The molecule has 1 fully saturated rings. The van der Waals surface area contributed by atoms with Gasteiger partial charge in [0.2, 0.25) is 11.8 Å². The molecular weight excluding hydrogens is 350 g/mol. The van der Waals surface area contributed by atoms with Crippen LogP contribution in [0, 0.1) is 17.0 Å². The molecule has 2 heterocycles. The Morgan fingerprint density at radius 1 is 1.30 bits per heavy atom. The number of carbonyl (C=O) groups excluding carboxylic acids is 1. The number of nitro groups is 1. The van der Waals surface area contributed by atoms with Gasteiger partial charge in [-0.25, -0.2) is 4.98 Å². The van der Waals surface area contributed by atoms with Gasteiger partial charge in [-0.3, -0.25) is 14.9 Å². The summed E-state index contributed by atoms with van der Waals surface area (Å²) in [5.41, 5.74) is 1.32. The van der Waals surface area contributed by atoms with Crippen LogP contribution in [0.4, 0.5) is 11.4 Å². The number of non-ortho nitro benzene ring substituents is 1. The summed E-state index contributed by atoms with van der Waals surface area (Å²) in [6.07, 6.45) is 2.55. The molecule has 1 aromatic heterocycles. The van der Waals surface area contributed by atoms with Gasteiger partial charge < -0.3 is 14.8 Å². The maximum atomic E-state index is 13.2. The molecule has 0 unspecified atom stereocenters. The third-order valence-corrected chi connectivity index (χ3v) is 4.89. The summed E-state index contributed by atoms with van der Waals surface area (Å²) in [7, 11) is 1.54. The fraction of sp³-hybridized carbons (Fsp3) is 0.368. The van der Waals surface area contributed by atoms with Crippen molar-refractivity contribution in [2.75, 3.05) is 25.6 Å². The zero-order chi connectivity index (χ0) is 19.4. The summed E-state index contributed by atoms with van der Waals surface area (Å²) in [5, 5.41) is 13.9. The number of ether oxygens (including phenoxy) is 2. The van der Waals surface area contributed by atoms with Crippen molar-refractivity contribution >= 4 is 17.3 Å². The number of nitrogens with one attached hydrogen (secondary N) is 1. The number of aromatic nitrogens is 1. The van der Waals surface area contributed by atoms with Crippen LogP contribution in [0.2, 0.25) is 0 Å². The highest BCUT2D eigenvalue weighted by molar-refractivity contribution is 5.99. The summed E-state index contributed by atoms with van der Waals surface area (Å²) in [4.78, 5) is 27.9. The largest absolute Gasteiger partial charge is 0.481 e. The molecule has 3 rings (SSSR count). The van der Waals surface area contributed by atoms with Crippen molar-refractivity contribution in [2.24, 2.45) is 0 Å². The number of rotatable bonds is 5. The van der Waals surface area contributed by atoms with Crippen LogP contribution in [0.25, 0.3) is 0 Å². The summed E-state index contributed by atoms with van der Waals surface area (Å²) in [5.74, 6) is 0.329. The van der Waals surface area contributed by atoms with Crippen LogP contribution in [0.5, 0.6) is 5.88 Å². The van der Waals surface area contributed by atoms with Crippen LogP contribution in [0.1, 0.15) is 24.0 Å². The van der Waals surface area contributed by atoms with E-state index in [1.807, 2.05) is 6.92 Å². The molecule has 0 radical (unpaired) electrons. The SMILES string of the molecule is COc1ncc(NC(=O)C2(c3ccc([N+](=O)[O-])cc3)CCOCC2)cc1C. The lowest BCUT2D eigenvalue weighted by Gasteiger charge is -2.36. The van der Waals surface area contributed by atoms with Crippen molar-refractivity contribution in [2.45, 2.75) is 25.2 Å². The maximum Gasteiger partial charge on any atom is 0.269 e. The molecule has 27 heavy (non-hydrogen) atoms. The first-order valence-corrected chi connectivity index (χ1v) is 8.61. The molecule has 142 valence electrons. The van der Waals surface area contributed by atoms with Crippen LogP contribution < -0.4 is 10.1 Å². The molecule has 2 aromatic rings.